The molecule has 80 valence electrons. The lowest BCUT2D eigenvalue weighted by molar-refractivity contribution is -0.236. The van der Waals surface area contributed by atoms with Gasteiger partial charge in [-0.2, -0.15) is 0 Å². The number of carbonyl (C=O) groups excluding carboxylic acids is 1. The molecule has 0 aromatic heterocycles. The molecular formula is C10H16O4. The monoisotopic (exact) mass is 200 g/mol. The molecule has 2 aliphatic rings. The van der Waals surface area contributed by atoms with E-state index in [1.165, 1.54) is 7.11 Å². The van der Waals surface area contributed by atoms with Crippen molar-refractivity contribution in [3.8, 4) is 0 Å². The van der Waals surface area contributed by atoms with Gasteiger partial charge in [0.25, 0.3) is 0 Å². The molecule has 2 atom stereocenters. The summed E-state index contributed by atoms with van der Waals surface area (Å²) in [4.78, 5) is 11.8. The van der Waals surface area contributed by atoms with Crippen molar-refractivity contribution in [3.63, 3.8) is 0 Å². The molecule has 0 unspecified atom stereocenters. The highest BCUT2D eigenvalue weighted by molar-refractivity contribution is 5.79. The molecule has 4 nitrogen and oxygen atoms in total. The van der Waals surface area contributed by atoms with E-state index in [9.17, 15) is 4.79 Å². The molecule has 0 aromatic rings. The Labute approximate surface area is 83.5 Å². The van der Waals surface area contributed by atoms with Crippen LogP contribution in [0, 0.1) is 5.41 Å². The Kier molecular flexibility index (Phi) is 2.27. The Hall–Kier alpha value is -0.610. The number of methoxy groups -OCH3 is 2. The zero-order valence-electron chi connectivity index (χ0n) is 8.67. The number of rotatable bonds is 2. The van der Waals surface area contributed by atoms with Gasteiger partial charge >= 0.3 is 5.97 Å². The van der Waals surface area contributed by atoms with Crippen molar-refractivity contribution in [2.75, 3.05) is 20.8 Å². The second-order valence-corrected chi connectivity index (χ2v) is 3.98. The summed E-state index contributed by atoms with van der Waals surface area (Å²) in [5.74, 6) is -0.894. The van der Waals surface area contributed by atoms with Crippen molar-refractivity contribution < 1.29 is 19.0 Å². The van der Waals surface area contributed by atoms with Gasteiger partial charge in [-0.25, -0.2) is 0 Å². The Balaban J connectivity index is 2.35. The van der Waals surface area contributed by atoms with E-state index in [0.717, 1.165) is 19.3 Å². The molecule has 0 amide bonds. The lowest BCUT2D eigenvalue weighted by atomic mass is 9.80. The molecule has 0 spiro atoms. The van der Waals surface area contributed by atoms with Gasteiger partial charge in [-0.15, -0.1) is 0 Å². The Bertz CT molecular complexity index is 239. The number of hydrogen-bond acceptors (Lipinski definition) is 4. The first kappa shape index (κ1) is 9.93. The van der Waals surface area contributed by atoms with Crippen LogP contribution in [0.5, 0.6) is 0 Å². The van der Waals surface area contributed by atoms with Gasteiger partial charge in [0.2, 0.25) is 0 Å². The molecule has 14 heavy (non-hydrogen) atoms. The largest absolute Gasteiger partial charge is 0.468 e. The standard InChI is InChI=1S/C10H16O4/c1-12-8(11)9-4-3-5-10(9,13-2)14-7-6-9/h3-7H2,1-2H3/t9-,10-/m1/s1. The maximum Gasteiger partial charge on any atom is 0.317 e. The first-order valence-electron chi connectivity index (χ1n) is 4.98. The summed E-state index contributed by atoms with van der Waals surface area (Å²) in [7, 11) is 3.03. The fourth-order valence-corrected chi connectivity index (χ4v) is 2.88. The molecule has 4 heteroatoms. The third-order valence-corrected chi connectivity index (χ3v) is 3.61. The van der Waals surface area contributed by atoms with Crippen LogP contribution >= 0.6 is 0 Å². The predicted molar refractivity (Wildman–Crippen MR) is 48.6 cm³/mol. The number of carbonyl (C=O) groups is 1. The van der Waals surface area contributed by atoms with Crippen LogP contribution in [-0.2, 0) is 19.0 Å². The SMILES string of the molecule is COC(=O)[C@]12CCC[C@@]1(OC)OCC2. The summed E-state index contributed by atoms with van der Waals surface area (Å²) in [6.07, 6.45) is 3.28. The average Bonchev–Trinajstić information content (AvgIpc) is 2.71. The van der Waals surface area contributed by atoms with Gasteiger partial charge < -0.3 is 14.2 Å². The van der Waals surface area contributed by atoms with Crippen LogP contribution in [0.1, 0.15) is 25.7 Å². The van der Waals surface area contributed by atoms with Gasteiger partial charge in [0.05, 0.1) is 13.7 Å². The fourth-order valence-electron chi connectivity index (χ4n) is 2.88. The van der Waals surface area contributed by atoms with Crippen LogP contribution in [0.4, 0.5) is 0 Å². The van der Waals surface area contributed by atoms with Gasteiger partial charge in [-0.05, 0) is 19.3 Å². The second kappa shape index (κ2) is 3.21. The van der Waals surface area contributed by atoms with E-state index in [1.807, 2.05) is 0 Å². The summed E-state index contributed by atoms with van der Waals surface area (Å²) in [5, 5.41) is 0. The smallest absolute Gasteiger partial charge is 0.317 e. The van der Waals surface area contributed by atoms with Gasteiger partial charge in [-0.1, -0.05) is 0 Å². The van der Waals surface area contributed by atoms with Crippen molar-refractivity contribution in [1.82, 2.24) is 0 Å². The summed E-state index contributed by atoms with van der Waals surface area (Å²) < 4.78 is 15.9. The first-order valence-corrected chi connectivity index (χ1v) is 4.98. The van der Waals surface area contributed by atoms with Crippen molar-refractivity contribution in [3.05, 3.63) is 0 Å². The number of ether oxygens (including phenoxy) is 3. The molecule has 1 saturated heterocycles. The first-order chi connectivity index (χ1) is 6.71. The van der Waals surface area contributed by atoms with Crippen LogP contribution in [0.3, 0.4) is 0 Å². The average molecular weight is 200 g/mol. The molecule has 2 rings (SSSR count). The van der Waals surface area contributed by atoms with Crippen LogP contribution in [0.15, 0.2) is 0 Å². The maximum atomic E-state index is 11.8. The molecule has 0 aromatic carbocycles. The van der Waals surface area contributed by atoms with E-state index in [2.05, 4.69) is 0 Å². The minimum Gasteiger partial charge on any atom is -0.468 e. The third kappa shape index (κ3) is 0.982. The minimum atomic E-state index is -0.708. The van der Waals surface area contributed by atoms with E-state index in [-0.39, 0.29) is 5.97 Å². The van der Waals surface area contributed by atoms with Crippen LogP contribution in [0.2, 0.25) is 0 Å². The van der Waals surface area contributed by atoms with Crippen LogP contribution in [0.25, 0.3) is 0 Å². The lowest BCUT2D eigenvalue weighted by Crippen LogP contribution is -2.48. The molecule has 1 aliphatic carbocycles. The van der Waals surface area contributed by atoms with Gasteiger partial charge in [0, 0.05) is 13.5 Å². The van der Waals surface area contributed by atoms with Crippen molar-refractivity contribution >= 4 is 5.97 Å². The van der Waals surface area contributed by atoms with Gasteiger partial charge in [0.1, 0.15) is 5.41 Å². The van der Waals surface area contributed by atoms with Crippen LogP contribution < -0.4 is 0 Å². The second-order valence-electron chi connectivity index (χ2n) is 3.98. The number of hydrogen-bond donors (Lipinski definition) is 0. The fraction of sp³-hybridized carbons (Fsp3) is 0.900. The van der Waals surface area contributed by atoms with Crippen molar-refractivity contribution in [2.45, 2.75) is 31.5 Å². The molecule has 1 aliphatic heterocycles. The van der Waals surface area contributed by atoms with Gasteiger partial charge in [-0.3, -0.25) is 4.79 Å². The highest BCUT2D eigenvalue weighted by Crippen LogP contribution is 2.56. The molecular weight excluding hydrogens is 184 g/mol. The minimum absolute atomic E-state index is 0.186. The van der Waals surface area contributed by atoms with E-state index < -0.39 is 11.2 Å². The molecule has 0 radical (unpaired) electrons. The number of esters is 1. The highest BCUT2D eigenvalue weighted by atomic mass is 16.7. The van der Waals surface area contributed by atoms with Crippen molar-refractivity contribution in [2.24, 2.45) is 5.41 Å². The quantitative estimate of drug-likeness (QED) is 0.626. The molecule has 0 bridgehead atoms. The highest BCUT2D eigenvalue weighted by Gasteiger charge is 2.65. The van der Waals surface area contributed by atoms with E-state index in [4.69, 9.17) is 14.2 Å². The summed E-state index contributed by atoms with van der Waals surface area (Å²) >= 11 is 0. The Morgan fingerprint density at radius 2 is 2.07 bits per heavy atom. The molecule has 1 heterocycles. The summed E-state index contributed by atoms with van der Waals surface area (Å²) in [6, 6.07) is 0. The maximum absolute atomic E-state index is 11.8. The predicted octanol–water partition coefficient (Wildman–Crippen LogP) is 1.09. The summed E-state index contributed by atoms with van der Waals surface area (Å²) in [6.45, 7) is 0.586. The zero-order valence-corrected chi connectivity index (χ0v) is 8.67. The van der Waals surface area contributed by atoms with Crippen LogP contribution in [-0.4, -0.2) is 32.6 Å². The Morgan fingerprint density at radius 1 is 1.29 bits per heavy atom. The Morgan fingerprint density at radius 3 is 2.71 bits per heavy atom. The van der Waals surface area contributed by atoms with E-state index >= 15 is 0 Å². The van der Waals surface area contributed by atoms with E-state index in [1.54, 1.807) is 7.11 Å². The normalized spacial score (nSPS) is 41.0. The molecule has 0 N–H and O–H groups in total. The van der Waals surface area contributed by atoms with Gasteiger partial charge in [0.15, 0.2) is 5.79 Å². The zero-order chi connectivity index (χ0) is 10.2. The van der Waals surface area contributed by atoms with Crippen molar-refractivity contribution in [1.29, 1.82) is 0 Å². The van der Waals surface area contributed by atoms with E-state index in [0.29, 0.717) is 13.0 Å². The molecule has 1 saturated carbocycles. The lowest BCUT2D eigenvalue weighted by Gasteiger charge is -2.35. The number of fused-ring (bicyclic) bond motifs is 1. The molecule has 2 fully saturated rings. The summed E-state index contributed by atoms with van der Waals surface area (Å²) in [5.41, 5.74) is -0.545. The third-order valence-electron chi connectivity index (χ3n) is 3.61. The topological polar surface area (TPSA) is 44.8 Å².